The zero-order valence-corrected chi connectivity index (χ0v) is 9.02. The molecule has 0 saturated carbocycles. The van der Waals surface area contributed by atoms with Crippen molar-refractivity contribution in [2.75, 3.05) is 26.2 Å². The van der Waals surface area contributed by atoms with Gasteiger partial charge < -0.3 is 10.4 Å². The van der Waals surface area contributed by atoms with Crippen molar-refractivity contribution in [2.24, 2.45) is 0 Å². The lowest BCUT2D eigenvalue weighted by Gasteiger charge is -2.26. The van der Waals surface area contributed by atoms with Gasteiger partial charge in [0.1, 0.15) is 5.69 Å². The van der Waals surface area contributed by atoms with Gasteiger partial charge in [-0.15, -0.1) is 0 Å². The Labute approximate surface area is 94.1 Å². The van der Waals surface area contributed by atoms with E-state index < -0.39 is 5.97 Å². The van der Waals surface area contributed by atoms with E-state index in [-0.39, 0.29) is 5.69 Å². The number of pyridine rings is 1. The van der Waals surface area contributed by atoms with Gasteiger partial charge in [0.15, 0.2) is 0 Å². The van der Waals surface area contributed by atoms with Crippen molar-refractivity contribution in [3.63, 3.8) is 0 Å². The van der Waals surface area contributed by atoms with Crippen LogP contribution in [-0.4, -0.2) is 47.1 Å². The van der Waals surface area contributed by atoms with Gasteiger partial charge in [0, 0.05) is 38.9 Å². The molecule has 0 unspecified atom stereocenters. The molecule has 1 saturated heterocycles. The summed E-state index contributed by atoms with van der Waals surface area (Å²) in [5.74, 6) is -0.978. The molecule has 1 aliphatic heterocycles. The maximum atomic E-state index is 10.6. The molecule has 0 atom stereocenters. The maximum Gasteiger partial charge on any atom is 0.354 e. The summed E-state index contributed by atoms with van der Waals surface area (Å²) in [6.07, 6.45) is 1.64. The lowest BCUT2D eigenvalue weighted by atomic mass is 10.2. The highest BCUT2D eigenvalue weighted by Gasteiger charge is 2.10. The normalized spacial score (nSPS) is 17.2. The molecule has 2 heterocycles. The third-order valence-electron chi connectivity index (χ3n) is 2.66. The Balaban J connectivity index is 1.96. The summed E-state index contributed by atoms with van der Waals surface area (Å²) >= 11 is 0. The summed E-state index contributed by atoms with van der Waals surface area (Å²) in [5.41, 5.74) is 1.16. The Morgan fingerprint density at radius 1 is 1.44 bits per heavy atom. The lowest BCUT2D eigenvalue weighted by molar-refractivity contribution is 0.0690. The van der Waals surface area contributed by atoms with Gasteiger partial charge in [0.05, 0.1) is 0 Å². The highest BCUT2D eigenvalue weighted by molar-refractivity contribution is 5.85. The standard InChI is InChI=1S/C11H15N3O2/c15-11(16)10-2-1-9(7-13-10)8-14-5-3-12-4-6-14/h1-2,7,12H,3-6,8H2,(H,15,16). The van der Waals surface area contributed by atoms with Gasteiger partial charge in [0.2, 0.25) is 0 Å². The summed E-state index contributed by atoms with van der Waals surface area (Å²) < 4.78 is 0. The van der Waals surface area contributed by atoms with Crippen molar-refractivity contribution in [2.45, 2.75) is 6.54 Å². The topological polar surface area (TPSA) is 65.5 Å². The summed E-state index contributed by atoms with van der Waals surface area (Å²) in [6.45, 7) is 4.93. The Morgan fingerprint density at radius 2 is 2.19 bits per heavy atom. The molecule has 0 amide bonds. The minimum absolute atomic E-state index is 0.101. The molecule has 0 aromatic carbocycles. The van der Waals surface area contributed by atoms with Crippen LogP contribution in [0.4, 0.5) is 0 Å². The van der Waals surface area contributed by atoms with E-state index in [9.17, 15) is 4.79 Å². The molecular formula is C11H15N3O2. The average molecular weight is 221 g/mol. The maximum absolute atomic E-state index is 10.6. The number of nitrogens with zero attached hydrogens (tertiary/aromatic N) is 2. The van der Waals surface area contributed by atoms with Crippen LogP contribution in [0.2, 0.25) is 0 Å². The quantitative estimate of drug-likeness (QED) is 0.762. The molecule has 86 valence electrons. The van der Waals surface area contributed by atoms with Crippen LogP contribution in [0.1, 0.15) is 16.1 Å². The first kappa shape index (κ1) is 11.0. The Hall–Kier alpha value is -1.46. The number of carboxylic acid groups (broad SMARTS) is 1. The van der Waals surface area contributed by atoms with E-state index in [0.29, 0.717) is 0 Å². The first-order valence-corrected chi connectivity index (χ1v) is 5.37. The van der Waals surface area contributed by atoms with Gasteiger partial charge in [0.25, 0.3) is 0 Å². The van der Waals surface area contributed by atoms with Gasteiger partial charge in [-0.3, -0.25) is 4.90 Å². The predicted molar refractivity (Wildman–Crippen MR) is 59.3 cm³/mol. The minimum Gasteiger partial charge on any atom is -0.477 e. The molecule has 5 heteroatoms. The summed E-state index contributed by atoms with van der Waals surface area (Å²) in [6, 6.07) is 3.39. The van der Waals surface area contributed by atoms with Crippen LogP contribution < -0.4 is 5.32 Å². The van der Waals surface area contributed by atoms with Gasteiger partial charge in [-0.05, 0) is 11.6 Å². The molecule has 0 aliphatic carbocycles. The first-order valence-electron chi connectivity index (χ1n) is 5.37. The van der Waals surface area contributed by atoms with Gasteiger partial charge in [-0.2, -0.15) is 0 Å². The Morgan fingerprint density at radius 3 is 2.75 bits per heavy atom. The smallest absolute Gasteiger partial charge is 0.354 e. The van der Waals surface area contributed by atoms with Crippen LogP contribution in [-0.2, 0) is 6.54 Å². The molecule has 16 heavy (non-hydrogen) atoms. The Bertz CT molecular complexity index is 358. The van der Waals surface area contributed by atoms with E-state index in [2.05, 4.69) is 15.2 Å². The number of aromatic carboxylic acids is 1. The molecule has 2 N–H and O–H groups in total. The van der Waals surface area contributed by atoms with Crippen LogP contribution in [0.5, 0.6) is 0 Å². The number of hydrogen-bond acceptors (Lipinski definition) is 4. The van der Waals surface area contributed by atoms with E-state index in [1.807, 2.05) is 6.07 Å². The molecule has 5 nitrogen and oxygen atoms in total. The molecule has 1 aliphatic rings. The van der Waals surface area contributed by atoms with Crippen molar-refractivity contribution < 1.29 is 9.90 Å². The van der Waals surface area contributed by atoms with E-state index >= 15 is 0 Å². The number of aromatic nitrogens is 1. The fraction of sp³-hybridized carbons (Fsp3) is 0.455. The van der Waals surface area contributed by atoms with E-state index in [4.69, 9.17) is 5.11 Å². The predicted octanol–water partition coefficient (Wildman–Crippen LogP) is 0.185. The van der Waals surface area contributed by atoms with Crippen LogP contribution in [0.15, 0.2) is 18.3 Å². The van der Waals surface area contributed by atoms with Crippen LogP contribution >= 0.6 is 0 Å². The van der Waals surface area contributed by atoms with Crippen molar-refractivity contribution in [1.82, 2.24) is 15.2 Å². The highest BCUT2D eigenvalue weighted by Crippen LogP contribution is 2.05. The molecule has 1 fully saturated rings. The van der Waals surface area contributed by atoms with Crippen LogP contribution in [0.25, 0.3) is 0 Å². The van der Waals surface area contributed by atoms with Gasteiger partial charge >= 0.3 is 5.97 Å². The van der Waals surface area contributed by atoms with E-state index in [1.165, 1.54) is 0 Å². The van der Waals surface area contributed by atoms with Gasteiger partial charge in [-0.1, -0.05) is 6.07 Å². The zero-order chi connectivity index (χ0) is 11.4. The second-order valence-electron chi connectivity index (χ2n) is 3.88. The largest absolute Gasteiger partial charge is 0.477 e. The van der Waals surface area contributed by atoms with E-state index in [0.717, 1.165) is 38.3 Å². The third kappa shape index (κ3) is 2.77. The zero-order valence-electron chi connectivity index (χ0n) is 9.02. The first-order chi connectivity index (χ1) is 7.75. The summed E-state index contributed by atoms with van der Waals surface area (Å²) in [4.78, 5) is 16.9. The number of carbonyl (C=O) groups is 1. The molecule has 1 aromatic rings. The van der Waals surface area contributed by atoms with Crippen molar-refractivity contribution >= 4 is 5.97 Å². The van der Waals surface area contributed by atoms with Crippen LogP contribution in [0.3, 0.4) is 0 Å². The summed E-state index contributed by atoms with van der Waals surface area (Å²) in [5, 5.41) is 12.0. The fourth-order valence-corrected chi connectivity index (χ4v) is 1.77. The molecule has 0 spiro atoms. The SMILES string of the molecule is O=C(O)c1ccc(CN2CCNCC2)cn1. The summed E-state index contributed by atoms with van der Waals surface area (Å²) in [7, 11) is 0. The lowest BCUT2D eigenvalue weighted by Crippen LogP contribution is -2.42. The second kappa shape index (κ2) is 5.05. The van der Waals surface area contributed by atoms with Crippen molar-refractivity contribution in [1.29, 1.82) is 0 Å². The molecule has 2 rings (SSSR count). The van der Waals surface area contributed by atoms with Crippen molar-refractivity contribution in [3.8, 4) is 0 Å². The highest BCUT2D eigenvalue weighted by atomic mass is 16.4. The minimum atomic E-state index is -0.978. The molecule has 1 aromatic heterocycles. The monoisotopic (exact) mass is 221 g/mol. The third-order valence-corrected chi connectivity index (χ3v) is 2.66. The van der Waals surface area contributed by atoms with Crippen molar-refractivity contribution in [3.05, 3.63) is 29.6 Å². The van der Waals surface area contributed by atoms with Crippen LogP contribution in [0, 0.1) is 0 Å². The number of carboxylic acids is 1. The van der Waals surface area contributed by atoms with Gasteiger partial charge in [-0.25, -0.2) is 9.78 Å². The average Bonchev–Trinajstić information content (AvgIpc) is 2.31. The molecular weight excluding hydrogens is 206 g/mol. The fourth-order valence-electron chi connectivity index (χ4n) is 1.77. The number of piperazine rings is 1. The Kier molecular flexibility index (Phi) is 3.48. The number of nitrogens with one attached hydrogen (secondary N) is 1. The molecule has 0 bridgehead atoms. The van der Waals surface area contributed by atoms with E-state index in [1.54, 1.807) is 12.3 Å². The molecule has 0 radical (unpaired) electrons. The number of rotatable bonds is 3. The second-order valence-corrected chi connectivity index (χ2v) is 3.88. The number of hydrogen-bond donors (Lipinski definition) is 2.